The SMILES string of the molecule is Cn1nc(-c2ncccn2)cc1C(=O)N1CC2C(C1)C2Oc1cc(C(C)(C)N)cc(-c2ccc(F)c(F)c2)n1. The highest BCUT2D eigenvalue weighted by Gasteiger charge is 2.59. The first-order valence-corrected chi connectivity index (χ1v) is 12.6. The van der Waals surface area contributed by atoms with Gasteiger partial charge in [-0.1, -0.05) is 0 Å². The van der Waals surface area contributed by atoms with Crippen LogP contribution in [-0.4, -0.2) is 54.7 Å². The number of fused-ring (bicyclic) bond motifs is 1. The summed E-state index contributed by atoms with van der Waals surface area (Å²) in [4.78, 5) is 28.0. The number of carbonyl (C=O) groups excluding carboxylic acids is 1. The fourth-order valence-electron chi connectivity index (χ4n) is 5.06. The second-order valence-corrected chi connectivity index (χ2v) is 10.7. The zero-order chi connectivity index (χ0) is 27.5. The molecule has 1 aliphatic heterocycles. The van der Waals surface area contributed by atoms with Crippen LogP contribution < -0.4 is 10.5 Å². The Balaban J connectivity index is 1.17. The summed E-state index contributed by atoms with van der Waals surface area (Å²) >= 11 is 0. The molecule has 0 bridgehead atoms. The molecule has 2 unspecified atom stereocenters. The van der Waals surface area contributed by atoms with E-state index in [9.17, 15) is 13.6 Å². The first-order valence-electron chi connectivity index (χ1n) is 12.6. The van der Waals surface area contributed by atoms with Crippen LogP contribution in [0.1, 0.15) is 29.9 Å². The van der Waals surface area contributed by atoms with E-state index < -0.39 is 17.2 Å². The van der Waals surface area contributed by atoms with Gasteiger partial charge in [-0.25, -0.2) is 23.7 Å². The minimum Gasteiger partial charge on any atom is -0.474 e. The highest BCUT2D eigenvalue weighted by atomic mass is 19.2. The van der Waals surface area contributed by atoms with Gasteiger partial charge in [-0.2, -0.15) is 5.10 Å². The molecule has 2 aliphatic rings. The Hall–Kier alpha value is -4.25. The second-order valence-electron chi connectivity index (χ2n) is 10.7. The lowest BCUT2D eigenvalue weighted by Crippen LogP contribution is -2.34. The van der Waals surface area contributed by atoms with Crippen LogP contribution in [-0.2, 0) is 12.6 Å². The summed E-state index contributed by atoms with van der Waals surface area (Å²) < 4.78 is 35.2. The van der Waals surface area contributed by atoms with Crippen LogP contribution in [0.3, 0.4) is 0 Å². The molecule has 1 aromatic carbocycles. The molecule has 4 aromatic rings. The van der Waals surface area contributed by atoms with Crippen molar-refractivity contribution in [3.8, 4) is 28.7 Å². The number of piperidine rings is 1. The average Bonchev–Trinajstić information content (AvgIpc) is 3.22. The van der Waals surface area contributed by atoms with E-state index in [1.807, 2.05) is 13.8 Å². The van der Waals surface area contributed by atoms with E-state index in [4.69, 9.17) is 10.5 Å². The Morgan fingerprint density at radius 2 is 1.74 bits per heavy atom. The number of aryl methyl sites for hydroxylation is 1. The van der Waals surface area contributed by atoms with Crippen LogP contribution >= 0.6 is 0 Å². The summed E-state index contributed by atoms with van der Waals surface area (Å²) in [5.74, 6) is -0.822. The van der Waals surface area contributed by atoms with Crippen molar-refractivity contribution in [2.24, 2.45) is 24.6 Å². The number of ether oxygens (including phenoxy) is 1. The van der Waals surface area contributed by atoms with Crippen LogP contribution in [0.15, 0.2) is 54.9 Å². The standard InChI is InChI=1S/C28H27F2N7O2/c1-28(2,31)16-10-21(15-5-6-19(29)20(30)9-15)34-24(11-16)39-25-17-13-37(14-18(17)25)27(38)23-12-22(35-36(23)3)26-32-7-4-8-33-26/h4-12,17-18,25H,13-14,31H2,1-3H3. The number of pyridine rings is 1. The van der Waals surface area contributed by atoms with Crippen LogP contribution in [0.2, 0.25) is 0 Å². The van der Waals surface area contributed by atoms with Gasteiger partial charge in [-0.05, 0) is 49.7 Å². The molecule has 1 saturated heterocycles. The van der Waals surface area contributed by atoms with E-state index in [0.717, 1.165) is 17.7 Å². The van der Waals surface area contributed by atoms with Crippen LogP contribution in [0.25, 0.3) is 22.8 Å². The summed E-state index contributed by atoms with van der Waals surface area (Å²) in [6.07, 6.45) is 3.16. The largest absolute Gasteiger partial charge is 0.474 e. The van der Waals surface area contributed by atoms with E-state index in [2.05, 4.69) is 20.1 Å². The molecule has 0 spiro atoms. The Morgan fingerprint density at radius 1 is 1.03 bits per heavy atom. The summed E-state index contributed by atoms with van der Waals surface area (Å²) in [6, 6.07) is 10.6. The van der Waals surface area contributed by atoms with Crippen LogP contribution in [0.4, 0.5) is 8.78 Å². The van der Waals surface area contributed by atoms with Crippen molar-refractivity contribution < 1.29 is 18.3 Å². The predicted octanol–water partition coefficient (Wildman–Crippen LogP) is 3.56. The van der Waals surface area contributed by atoms with Gasteiger partial charge in [-0.3, -0.25) is 9.48 Å². The number of nitrogens with two attached hydrogens (primary N) is 1. The Labute approximate surface area is 223 Å². The molecule has 2 fully saturated rings. The second kappa shape index (κ2) is 9.19. The number of nitrogens with zero attached hydrogens (tertiary/aromatic N) is 6. The van der Waals surface area contributed by atoms with Crippen molar-refractivity contribution >= 4 is 5.91 Å². The molecule has 0 radical (unpaired) electrons. The van der Waals surface area contributed by atoms with Crippen molar-refractivity contribution in [2.75, 3.05) is 13.1 Å². The Kier molecular flexibility index (Phi) is 5.91. The molecule has 200 valence electrons. The number of hydrogen-bond donors (Lipinski definition) is 1. The maximum Gasteiger partial charge on any atom is 0.272 e. The lowest BCUT2D eigenvalue weighted by atomic mass is 9.95. The Bertz CT molecular complexity index is 1560. The summed E-state index contributed by atoms with van der Waals surface area (Å²) in [5.41, 5.74) is 8.27. The van der Waals surface area contributed by atoms with Crippen molar-refractivity contribution in [2.45, 2.75) is 25.5 Å². The first kappa shape index (κ1) is 25.1. The smallest absolute Gasteiger partial charge is 0.272 e. The molecule has 4 heterocycles. The number of carbonyl (C=O) groups is 1. The maximum atomic E-state index is 13.9. The van der Waals surface area contributed by atoms with Gasteiger partial charge in [0.05, 0.1) is 5.69 Å². The third kappa shape index (κ3) is 4.74. The number of halogens is 2. The molecular weight excluding hydrogens is 504 g/mol. The highest BCUT2D eigenvalue weighted by Crippen LogP contribution is 2.48. The van der Waals surface area contributed by atoms with Crippen LogP contribution in [0.5, 0.6) is 5.88 Å². The van der Waals surface area contributed by atoms with E-state index in [0.29, 0.717) is 47.4 Å². The number of hydrogen-bond acceptors (Lipinski definition) is 7. The van der Waals surface area contributed by atoms with Gasteiger partial charge in [-0.15, -0.1) is 0 Å². The first-order chi connectivity index (χ1) is 18.6. The van der Waals surface area contributed by atoms with E-state index in [1.54, 1.807) is 53.3 Å². The molecule has 1 amide bonds. The zero-order valence-electron chi connectivity index (χ0n) is 21.7. The number of benzene rings is 1. The highest BCUT2D eigenvalue weighted by molar-refractivity contribution is 5.94. The molecule has 39 heavy (non-hydrogen) atoms. The van der Waals surface area contributed by atoms with Gasteiger partial charge >= 0.3 is 0 Å². The maximum absolute atomic E-state index is 13.9. The Morgan fingerprint density at radius 3 is 2.41 bits per heavy atom. The minimum atomic E-state index is -0.951. The van der Waals surface area contributed by atoms with Gasteiger partial charge in [0.15, 0.2) is 17.5 Å². The van der Waals surface area contributed by atoms with Gasteiger partial charge in [0.1, 0.15) is 17.5 Å². The number of likely N-dealkylation sites (tertiary alicyclic amines) is 1. The molecule has 9 nitrogen and oxygen atoms in total. The fraction of sp³-hybridized carbons (Fsp3) is 0.321. The molecule has 1 aliphatic carbocycles. The number of rotatable bonds is 6. The van der Waals surface area contributed by atoms with Crippen molar-refractivity contribution in [1.82, 2.24) is 29.6 Å². The molecule has 6 rings (SSSR count). The van der Waals surface area contributed by atoms with Gasteiger partial charge < -0.3 is 15.4 Å². The van der Waals surface area contributed by atoms with Crippen molar-refractivity contribution in [3.05, 3.63) is 77.8 Å². The third-order valence-electron chi connectivity index (χ3n) is 7.31. The molecule has 3 aromatic heterocycles. The van der Waals surface area contributed by atoms with Crippen molar-refractivity contribution in [3.63, 3.8) is 0 Å². The summed E-state index contributed by atoms with van der Waals surface area (Å²) in [5, 5.41) is 4.40. The monoisotopic (exact) mass is 531 g/mol. The quantitative estimate of drug-likeness (QED) is 0.405. The molecule has 2 atom stereocenters. The summed E-state index contributed by atoms with van der Waals surface area (Å²) in [7, 11) is 1.73. The number of aromatic nitrogens is 5. The van der Waals surface area contributed by atoms with E-state index >= 15 is 0 Å². The van der Waals surface area contributed by atoms with E-state index in [1.165, 1.54) is 6.07 Å². The average molecular weight is 532 g/mol. The minimum absolute atomic E-state index is 0.102. The topological polar surface area (TPSA) is 112 Å². The molecule has 1 saturated carbocycles. The lowest BCUT2D eigenvalue weighted by molar-refractivity contribution is 0.0740. The molecule has 2 N–H and O–H groups in total. The third-order valence-corrected chi connectivity index (χ3v) is 7.31. The predicted molar refractivity (Wildman–Crippen MR) is 138 cm³/mol. The van der Waals surface area contributed by atoms with E-state index in [-0.39, 0.29) is 23.8 Å². The van der Waals surface area contributed by atoms with Crippen LogP contribution in [0, 0.1) is 23.5 Å². The van der Waals surface area contributed by atoms with Crippen molar-refractivity contribution in [1.29, 1.82) is 0 Å². The fourth-order valence-corrected chi connectivity index (χ4v) is 5.06. The normalized spacial score (nSPS) is 20.2. The van der Waals surface area contributed by atoms with Gasteiger partial charge in [0.2, 0.25) is 5.88 Å². The summed E-state index contributed by atoms with van der Waals surface area (Å²) in [6.45, 7) is 4.80. The zero-order valence-corrected chi connectivity index (χ0v) is 21.7. The molecular formula is C28H27F2N7O2. The molecule has 11 heteroatoms. The lowest BCUT2D eigenvalue weighted by Gasteiger charge is -2.22. The van der Waals surface area contributed by atoms with Gasteiger partial charge in [0, 0.05) is 67.6 Å². The number of amides is 1. The van der Waals surface area contributed by atoms with Gasteiger partial charge in [0.25, 0.3) is 5.91 Å².